The molecule has 8 nitrogen and oxygen atoms in total. The lowest BCUT2D eigenvalue weighted by Crippen LogP contribution is -2.47. The number of aryl methyl sites for hydroxylation is 1. The van der Waals surface area contributed by atoms with Gasteiger partial charge in [0.25, 0.3) is 0 Å². The van der Waals surface area contributed by atoms with Gasteiger partial charge < -0.3 is 19.1 Å². The zero-order valence-corrected chi connectivity index (χ0v) is 17.3. The van der Waals surface area contributed by atoms with E-state index < -0.39 is 0 Å². The molecule has 2 amide bonds. The standard InChI is InChI=1S/C20H32N4O4/c1-15-21-19(22-28-15)20(8-13-27-3)6-11-24(12-7-20)18(26)14-17-4-9-23(10-5-17)16(2)25/h17H,4-14H2,1-3H3. The first-order valence-electron chi connectivity index (χ1n) is 10.3. The molecule has 0 spiro atoms. The van der Waals surface area contributed by atoms with E-state index in [-0.39, 0.29) is 17.2 Å². The third-order valence-electron chi connectivity index (χ3n) is 6.38. The van der Waals surface area contributed by atoms with Gasteiger partial charge >= 0.3 is 0 Å². The molecule has 1 aromatic heterocycles. The van der Waals surface area contributed by atoms with Crippen molar-refractivity contribution in [1.29, 1.82) is 0 Å². The van der Waals surface area contributed by atoms with Crippen molar-refractivity contribution in [3.05, 3.63) is 11.7 Å². The van der Waals surface area contributed by atoms with Crippen molar-refractivity contribution < 1.29 is 18.8 Å². The van der Waals surface area contributed by atoms with Crippen LogP contribution >= 0.6 is 0 Å². The molecule has 0 aromatic carbocycles. The molecule has 2 aliphatic heterocycles. The Kier molecular flexibility index (Phi) is 6.69. The molecule has 0 bridgehead atoms. The molecule has 156 valence electrons. The molecule has 0 unspecified atom stereocenters. The molecule has 3 heterocycles. The normalized spacial score (nSPS) is 20.4. The summed E-state index contributed by atoms with van der Waals surface area (Å²) in [6.07, 6.45) is 4.89. The molecule has 2 saturated heterocycles. The van der Waals surface area contributed by atoms with Crippen LogP contribution in [-0.2, 0) is 19.7 Å². The maximum atomic E-state index is 12.8. The Hall–Kier alpha value is -1.96. The molecule has 0 atom stereocenters. The molecule has 8 heteroatoms. The first-order valence-corrected chi connectivity index (χ1v) is 10.3. The third kappa shape index (κ3) is 4.71. The molecule has 1 aromatic rings. The molecular formula is C20H32N4O4. The second-order valence-electron chi connectivity index (χ2n) is 8.19. The summed E-state index contributed by atoms with van der Waals surface area (Å²) in [4.78, 5) is 32.6. The van der Waals surface area contributed by atoms with E-state index in [9.17, 15) is 9.59 Å². The van der Waals surface area contributed by atoms with Crippen LogP contribution in [0, 0.1) is 12.8 Å². The van der Waals surface area contributed by atoms with Crippen LogP contribution in [-0.4, -0.2) is 71.7 Å². The lowest BCUT2D eigenvalue weighted by Gasteiger charge is -2.40. The van der Waals surface area contributed by atoms with E-state index in [0.29, 0.717) is 37.9 Å². The second-order valence-corrected chi connectivity index (χ2v) is 8.19. The number of ether oxygens (including phenoxy) is 1. The van der Waals surface area contributed by atoms with E-state index in [1.807, 2.05) is 9.80 Å². The molecule has 0 aliphatic carbocycles. The number of likely N-dealkylation sites (tertiary alicyclic amines) is 2. The number of hydrogen-bond acceptors (Lipinski definition) is 6. The van der Waals surface area contributed by atoms with E-state index in [4.69, 9.17) is 9.26 Å². The van der Waals surface area contributed by atoms with Gasteiger partial charge in [-0.05, 0) is 38.0 Å². The van der Waals surface area contributed by atoms with Gasteiger partial charge in [0, 0.05) is 65.6 Å². The fourth-order valence-electron chi connectivity index (χ4n) is 4.41. The van der Waals surface area contributed by atoms with E-state index in [0.717, 1.165) is 51.0 Å². The zero-order chi connectivity index (χ0) is 20.1. The highest BCUT2D eigenvalue weighted by atomic mass is 16.5. The first-order chi connectivity index (χ1) is 13.4. The van der Waals surface area contributed by atoms with Crippen molar-refractivity contribution in [3.63, 3.8) is 0 Å². The summed E-state index contributed by atoms with van der Waals surface area (Å²) in [5, 5.41) is 4.17. The van der Waals surface area contributed by atoms with Crippen LogP contribution in [0.3, 0.4) is 0 Å². The molecule has 28 heavy (non-hydrogen) atoms. The van der Waals surface area contributed by atoms with E-state index in [2.05, 4.69) is 10.1 Å². The zero-order valence-electron chi connectivity index (χ0n) is 17.3. The van der Waals surface area contributed by atoms with Gasteiger partial charge in [-0.15, -0.1) is 0 Å². The maximum absolute atomic E-state index is 12.8. The minimum absolute atomic E-state index is 0.130. The number of carbonyl (C=O) groups excluding carboxylic acids is 2. The SMILES string of the molecule is COCCC1(c2noc(C)n2)CCN(C(=O)CC2CCN(C(C)=O)CC2)CC1. The number of methoxy groups -OCH3 is 1. The highest BCUT2D eigenvalue weighted by Gasteiger charge is 2.41. The van der Waals surface area contributed by atoms with Crippen LogP contribution in [0.15, 0.2) is 4.52 Å². The Morgan fingerprint density at radius 2 is 1.86 bits per heavy atom. The van der Waals surface area contributed by atoms with Crippen molar-refractivity contribution in [2.24, 2.45) is 5.92 Å². The number of nitrogens with zero attached hydrogens (tertiary/aromatic N) is 4. The van der Waals surface area contributed by atoms with E-state index >= 15 is 0 Å². The lowest BCUT2D eigenvalue weighted by atomic mass is 9.75. The molecule has 0 saturated carbocycles. The molecule has 2 fully saturated rings. The molecule has 2 aliphatic rings. The average Bonchev–Trinajstić information content (AvgIpc) is 3.14. The number of amides is 2. The second kappa shape index (κ2) is 9.03. The van der Waals surface area contributed by atoms with E-state index in [1.54, 1.807) is 21.0 Å². The fraction of sp³-hybridized carbons (Fsp3) is 0.800. The van der Waals surface area contributed by atoms with Crippen LogP contribution in [0.5, 0.6) is 0 Å². The summed E-state index contributed by atoms with van der Waals surface area (Å²) in [7, 11) is 1.70. The number of carbonyl (C=O) groups is 2. The monoisotopic (exact) mass is 392 g/mol. The summed E-state index contributed by atoms with van der Waals surface area (Å²) in [6, 6.07) is 0. The average molecular weight is 393 g/mol. The summed E-state index contributed by atoms with van der Waals surface area (Å²) < 4.78 is 10.5. The Bertz CT molecular complexity index is 674. The summed E-state index contributed by atoms with van der Waals surface area (Å²) in [6.45, 7) is 7.01. The minimum Gasteiger partial charge on any atom is -0.385 e. The number of hydrogen-bond donors (Lipinski definition) is 0. The lowest BCUT2D eigenvalue weighted by molar-refractivity contribution is -0.134. The molecule has 3 rings (SSSR count). The minimum atomic E-state index is -0.183. The van der Waals surface area contributed by atoms with Gasteiger partial charge in [-0.3, -0.25) is 9.59 Å². The maximum Gasteiger partial charge on any atom is 0.223 e. The number of piperidine rings is 2. The van der Waals surface area contributed by atoms with Gasteiger partial charge in [0.05, 0.1) is 0 Å². The highest BCUT2D eigenvalue weighted by molar-refractivity contribution is 5.77. The van der Waals surface area contributed by atoms with Crippen molar-refractivity contribution >= 4 is 11.8 Å². The molecule has 0 radical (unpaired) electrons. The van der Waals surface area contributed by atoms with Crippen LogP contribution in [0.1, 0.15) is 57.2 Å². The van der Waals surface area contributed by atoms with Crippen molar-refractivity contribution in [2.75, 3.05) is 39.9 Å². The van der Waals surface area contributed by atoms with Crippen LogP contribution in [0.25, 0.3) is 0 Å². The quantitative estimate of drug-likeness (QED) is 0.735. The topological polar surface area (TPSA) is 88.8 Å². The van der Waals surface area contributed by atoms with Gasteiger partial charge in [-0.1, -0.05) is 5.16 Å². The largest absolute Gasteiger partial charge is 0.385 e. The first kappa shape index (κ1) is 20.8. The smallest absolute Gasteiger partial charge is 0.223 e. The Labute approximate surface area is 166 Å². The van der Waals surface area contributed by atoms with Gasteiger partial charge in [0.2, 0.25) is 17.7 Å². The fourth-order valence-corrected chi connectivity index (χ4v) is 4.41. The van der Waals surface area contributed by atoms with Gasteiger partial charge in [0.15, 0.2) is 5.82 Å². The van der Waals surface area contributed by atoms with Gasteiger partial charge in [-0.2, -0.15) is 4.98 Å². The van der Waals surface area contributed by atoms with Gasteiger partial charge in [-0.25, -0.2) is 0 Å². The Balaban J connectivity index is 1.54. The summed E-state index contributed by atoms with van der Waals surface area (Å²) >= 11 is 0. The van der Waals surface area contributed by atoms with Crippen molar-refractivity contribution in [3.8, 4) is 0 Å². The predicted molar refractivity (Wildman–Crippen MR) is 103 cm³/mol. The third-order valence-corrected chi connectivity index (χ3v) is 6.38. The van der Waals surface area contributed by atoms with Crippen LogP contribution < -0.4 is 0 Å². The van der Waals surface area contributed by atoms with E-state index in [1.165, 1.54) is 0 Å². The van der Waals surface area contributed by atoms with Crippen LogP contribution in [0.4, 0.5) is 0 Å². The number of aromatic nitrogens is 2. The summed E-state index contributed by atoms with van der Waals surface area (Å²) in [5.74, 6) is 2.05. The van der Waals surface area contributed by atoms with Crippen molar-refractivity contribution in [2.45, 2.75) is 57.8 Å². The summed E-state index contributed by atoms with van der Waals surface area (Å²) in [5.41, 5.74) is -0.183. The molecular weight excluding hydrogens is 360 g/mol. The molecule has 0 N–H and O–H groups in total. The van der Waals surface area contributed by atoms with Gasteiger partial charge in [0.1, 0.15) is 0 Å². The highest BCUT2D eigenvalue weighted by Crippen LogP contribution is 2.37. The predicted octanol–water partition coefficient (Wildman–Crippen LogP) is 1.92. The van der Waals surface area contributed by atoms with Crippen LogP contribution in [0.2, 0.25) is 0 Å². The Morgan fingerprint density at radius 3 is 2.39 bits per heavy atom. The Morgan fingerprint density at radius 1 is 1.18 bits per heavy atom. The van der Waals surface area contributed by atoms with Crippen molar-refractivity contribution in [1.82, 2.24) is 19.9 Å². The number of rotatable bonds is 6.